The summed E-state index contributed by atoms with van der Waals surface area (Å²) in [5.74, 6) is 0. The number of rotatable bonds is 2. The molecule has 0 unspecified atom stereocenters. The minimum Gasteiger partial charge on any atom is -0.344 e. The Morgan fingerprint density at radius 1 is 0.727 bits per heavy atom. The number of hydrogen-bond donors (Lipinski definition) is 1. The van der Waals surface area contributed by atoms with Crippen LogP contribution in [0.2, 0.25) is 0 Å². The maximum absolute atomic E-state index is 9.92. The molecule has 0 saturated heterocycles. The fourth-order valence-electron chi connectivity index (χ4n) is 1.63. The zero-order valence-electron chi connectivity index (χ0n) is 12.3. The van der Waals surface area contributed by atoms with Crippen LogP contribution >= 0.6 is 0 Å². The first-order valence-corrected chi connectivity index (χ1v) is 7.37. The standard InChI is InChI=1S/C12H8N2.C2H6O4S.H3N/c1-2-6-10-9(5-1)13-11-7-3-4-8-12(11)14-10;1-5-7(3,4)6-2;/h1-8H;1-2H3;1H3. The molecule has 0 aliphatic heterocycles. The number of hydrogen-bond acceptors (Lipinski definition) is 7. The molecule has 0 aliphatic rings. The minimum absolute atomic E-state index is 0. The smallest absolute Gasteiger partial charge is 0.344 e. The quantitative estimate of drug-likeness (QED) is 0.720. The number of para-hydroxylation sites is 4. The van der Waals surface area contributed by atoms with Gasteiger partial charge in [0.1, 0.15) is 0 Å². The molecule has 3 aromatic rings. The van der Waals surface area contributed by atoms with Crippen LogP contribution in [-0.4, -0.2) is 32.6 Å². The van der Waals surface area contributed by atoms with Gasteiger partial charge in [-0.05, 0) is 24.3 Å². The SMILES string of the molecule is COS(=O)(=O)OC.N.c1ccc2nc3ccccc3nc2c1. The van der Waals surface area contributed by atoms with Crippen molar-refractivity contribution in [3.05, 3.63) is 48.5 Å². The second kappa shape index (κ2) is 7.76. The van der Waals surface area contributed by atoms with Crippen molar-refractivity contribution in [1.82, 2.24) is 16.1 Å². The second-order valence-electron chi connectivity index (χ2n) is 3.94. The van der Waals surface area contributed by atoms with E-state index in [9.17, 15) is 8.42 Å². The monoisotopic (exact) mass is 323 g/mol. The molecule has 0 saturated carbocycles. The summed E-state index contributed by atoms with van der Waals surface area (Å²) in [6.45, 7) is 0. The molecular weight excluding hydrogens is 306 g/mol. The molecular formula is C14H17N3O4S. The van der Waals surface area contributed by atoms with E-state index in [1.165, 1.54) is 0 Å². The Morgan fingerprint density at radius 3 is 1.18 bits per heavy atom. The van der Waals surface area contributed by atoms with Crippen molar-refractivity contribution in [2.24, 2.45) is 0 Å². The Hall–Kier alpha value is -2.13. The van der Waals surface area contributed by atoms with Crippen LogP contribution in [0.15, 0.2) is 48.5 Å². The van der Waals surface area contributed by atoms with E-state index < -0.39 is 10.4 Å². The van der Waals surface area contributed by atoms with Crippen molar-refractivity contribution in [2.45, 2.75) is 0 Å². The summed E-state index contributed by atoms with van der Waals surface area (Å²) in [7, 11) is -1.60. The van der Waals surface area contributed by atoms with Crippen LogP contribution < -0.4 is 6.15 Å². The lowest BCUT2D eigenvalue weighted by Crippen LogP contribution is -2.02. The number of fused-ring (bicyclic) bond motifs is 2. The molecule has 22 heavy (non-hydrogen) atoms. The summed E-state index contributed by atoms with van der Waals surface area (Å²) < 4.78 is 27.5. The summed E-state index contributed by atoms with van der Waals surface area (Å²) in [6, 6.07) is 15.8. The molecule has 3 rings (SSSR count). The first kappa shape index (κ1) is 17.9. The molecule has 7 nitrogen and oxygen atoms in total. The Morgan fingerprint density at radius 2 is 1.00 bits per heavy atom. The van der Waals surface area contributed by atoms with Gasteiger partial charge in [0.05, 0.1) is 36.3 Å². The van der Waals surface area contributed by atoms with E-state index in [1.54, 1.807) is 0 Å². The van der Waals surface area contributed by atoms with Crippen molar-refractivity contribution >= 4 is 32.5 Å². The summed E-state index contributed by atoms with van der Waals surface area (Å²) >= 11 is 0. The normalized spacial score (nSPS) is 10.6. The fourth-order valence-corrected chi connectivity index (χ4v) is 1.77. The Bertz CT molecular complexity index is 738. The molecule has 0 bridgehead atoms. The highest BCUT2D eigenvalue weighted by Gasteiger charge is 2.01. The molecule has 0 spiro atoms. The van der Waals surface area contributed by atoms with E-state index in [-0.39, 0.29) is 6.15 Å². The van der Waals surface area contributed by atoms with Gasteiger partial charge in [-0.25, -0.2) is 9.97 Å². The average molecular weight is 323 g/mol. The van der Waals surface area contributed by atoms with Gasteiger partial charge in [0.25, 0.3) is 0 Å². The molecule has 0 amide bonds. The van der Waals surface area contributed by atoms with Crippen molar-refractivity contribution in [3.63, 3.8) is 0 Å². The first-order valence-electron chi connectivity index (χ1n) is 6.03. The van der Waals surface area contributed by atoms with Gasteiger partial charge in [-0.15, -0.1) is 0 Å². The molecule has 118 valence electrons. The van der Waals surface area contributed by atoms with Gasteiger partial charge in [0.2, 0.25) is 0 Å². The maximum atomic E-state index is 9.92. The van der Waals surface area contributed by atoms with Crippen LogP contribution in [0.3, 0.4) is 0 Å². The number of aromatic nitrogens is 2. The third kappa shape index (κ3) is 4.43. The molecule has 1 heterocycles. The zero-order chi connectivity index (χ0) is 15.3. The molecule has 2 aromatic carbocycles. The lowest BCUT2D eigenvalue weighted by molar-refractivity contribution is 0.286. The highest BCUT2D eigenvalue weighted by Crippen LogP contribution is 2.14. The summed E-state index contributed by atoms with van der Waals surface area (Å²) in [5, 5.41) is 0. The van der Waals surface area contributed by atoms with Crippen LogP contribution in [0.1, 0.15) is 0 Å². The predicted molar refractivity (Wildman–Crippen MR) is 85.0 cm³/mol. The van der Waals surface area contributed by atoms with Crippen molar-refractivity contribution in [1.29, 1.82) is 0 Å². The molecule has 0 atom stereocenters. The molecule has 0 radical (unpaired) electrons. The van der Waals surface area contributed by atoms with Gasteiger partial charge in [-0.2, -0.15) is 8.42 Å². The first-order chi connectivity index (χ1) is 10.1. The Balaban J connectivity index is 0.000000264. The third-order valence-electron chi connectivity index (χ3n) is 2.65. The third-order valence-corrected chi connectivity index (χ3v) is 3.47. The van der Waals surface area contributed by atoms with Crippen molar-refractivity contribution < 1.29 is 16.8 Å². The van der Waals surface area contributed by atoms with Gasteiger partial charge < -0.3 is 6.15 Å². The van der Waals surface area contributed by atoms with E-state index in [2.05, 4.69) is 18.3 Å². The van der Waals surface area contributed by atoms with Gasteiger partial charge >= 0.3 is 10.4 Å². The van der Waals surface area contributed by atoms with Gasteiger partial charge in [-0.3, -0.25) is 8.37 Å². The summed E-state index contributed by atoms with van der Waals surface area (Å²) in [6.07, 6.45) is 0. The van der Waals surface area contributed by atoms with Crippen LogP contribution in [-0.2, 0) is 18.8 Å². The highest BCUT2D eigenvalue weighted by molar-refractivity contribution is 7.81. The zero-order valence-corrected chi connectivity index (χ0v) is 13.1. The molecule has 0 aliphatic carbocycles. The number of nitrogens with zero attached hydrogens (tertiary/aromatic N) is 2. The van der Waals surface area contributed by atoms with Crippen molar-refractivity contribution in [3.8, 4) is 0 Å². The Kier molecular flexibility index (Phi) is 6.32. The molecule has 1 aromatic heterocycles. The van der Waals surface area contributed by atoms with Crippen molar-refractivity contribution in [2.75, 3.05) is 14.2 Å². The van der Waals surface area contributed by atoms with E-state index in [0.717, 1.165) is 36.3 Å². The Labute approximate surface area is 128 Å². The van der Waals surface area contributed by atoms with Crippen LogP contribution in [0.5, 0.6) is 0 Å². The molecule has 8 heteroatoms. The van der Waals surface area contributed by atoms with E-state index in [4.69, 9.17) is 0 Å². The highest BCUT2D eigenvalue weighted by atomic mass is 32.3. The number of benzene rings is 2. The van der Waals surface area contributed by atoms with Crippen LogP contribution in [0.4, 0.5) is 0 Å². The lowest BCUT2D eigenvalue weighted by Gasteiger charge is -1.98. The predicted octanol–water partition coefficient (Wildman–Crippen LogP) is 2.47. The molecule has 3 N–H and O–H groups in total. The summed E-state index contributed by atoms with van der Waals surface area (Å²) in [5.41, 5.74) is 3.80. The summed E-state index contributed by atoms with van der Waals surface area (Å²) in [4.78, 5) is 9.03. The van der Waals surface area contributed by atoms with E-state index in [1.807, 2.05) is 48.5 Å². The fraction of sp³-hybridized carbons (Fsp3) is 0.143. The van der Waals surface area contributed by atoms with Crippen LogP contribution in [0, 0.1) is 0 Å². The average Bonchev–Trinajstić information content (AvgIpc) is 2.53. The van der Waals surface area contributed by atoms with Gasteiger partial charge in [-0.1, -0.05) is 24.3 Å². The minimum atomic E-state index is -3.66. The largest absolute Gasteiger partial charge is 0.399 e. The topological polar surface area (TPSA) is 113 Å². The second-order valence-corrected chi connectivity index (χ2v) is 5.43. The van der Waals surface area contributed by atoms with Crippen LogP contribution in [0.25, 0.3) is 22.1 Å². The van der Waals surface area contributed by atoms with Gasteiger partial charge in [0.15, 0.2) is 0 Å². The lowest BCUT2D eigenvalue weighted by atomic mass is 10.2. The maximum Gasteiger partial charge on any atom is 0.399 e. The van der Waals surface area contributed by atoms with E-state index >= 15 is 0 Å². The van der Waals surface area contributed by atoms with E-state index in [0.29, 0.717) is 0 Å². The molecule has 0 fully saturated rings. The van der Waals surface area contributed by atoms with Gasteiger partial charge in [0, 0.05) is 0 Å².